The van der Waals surface area contributed by atoms with Gasteiger partial charge in [0.1, 0.15) is 6.26 Å². The second kappa shape index (κ2) is 15.3. The van der Waals surface area contributed by atoms with Gasteiger partial charge >= 0.3 is 0 Å². The third kappa shape index (κ3) is 7.62. The number of nitrogens with zero attached hydrogens (tertiary/aromatic N) is 1. The number of ether oxygens (including phenoxy) is 1. The van der Waals surface area contributed by atoms with E-state index in [1.54, 1.807) is 6.20 Å². The molecule has 0 radical (unpaired) electrons. The lowest BCUT2D eigenvalue weighted by atomic mass is 9.49. The van der Waals surface area contributed by atoms with E-state index in [0.29, 0.717) is 17.1 Å². The highest BCUT2D eigenvalue weighted by atomic mass is 16.5. The standard InChI is InChI=1S/C23H38O2.C4H9N.C3H3NO.C2H6/c1-4-25-14-16-5-7-18-17(13-16)6-8-20-19(18)11-12-23(3)21(15(2)24)9-10-22(20)23;1-2-4-5-3-1;1-2-5-3-4-1;1-2/h16-22,24H,2,4-14H2,1,3H3;5H,1-4H2;1-3H;1-2H3/t16?,17?,18?,19?,20?,21-,22?,23?;;;/m1.../s1. The van der Waals surface area contributed by atoms with E-state index >= 15 is 0 Å². The summed E-state index contributed by atoms with van der Waals surface area (Å²) in [6, 6.07) is 0. The minimum atomic E-state index is 0.325. The van der Waals surface area contributed by atoms with Crippen LogP contribution < -0.4 is 5.32 Å². The molecule has 7 unspecified atom stereocenters. The van der Waals surface area contributed by atoms with Crippen molar-refractivity contribution in [3.63, 3.8) is 0 Å². The Morgan fingerprint density at radius 2 is 1.81 bits per heavy atom. The van der Waals surface area contributed by atoms with Crippen molar-refractivity contribution in [2.45, 2.75) is 98.3 Å². The highest BCUT2D eigenvalue weighted by molar-refractivity contribution is 5.11. The number of aromatic nitrogens is 1. The van der Waals surface area contributed by atoms with Gasteiger partial charge in [0.2, 0.25) is 0 Å². The average molecular weight is 517 g/mol. The zero-order valence-corrected chi connectivity index (χ0v) is 24.3. The number of rotatable bonds is 4. The molecule has 1 aromatic heterocycles. The Hall–Kier alpha value is -1.33. The Morgan fingerprint density at radius 3 is 2.38 bits per heavy atom. The maximum Gasteiger partial charge on any atom is 0.180 e. The lowest BCUT2D eigenvalue weighted by molar-refractivity contribution is -0.0720. The van der Waals surface area contributed by atoms with E-state index in [-0.39, 0.29) is 0 Å². The Labute approximate surface area is 227 Å². The van der Waals surface area contributed by atoms with Gasteiger partial charge in [-0.05, 0) is 132 Å². The molecule has 1 aliphatic heterocycles. The summed E-state index contributed by atoms with van der Waals surface area (Å²) in [5.74, 6) is 6.32. The molecule has 0 bridgehead atoms. The quantitative estimate of drug-likeness (QED) is 0.396. The van der Waals surface area contributed by atoms with Gasteiger partial charge in [-0.3, -0.25) is 0 Å². The summed E-state index contributed by atoms with van der Waals surface area (Å²) < 4.78 is 10.2. The topological polar surface area (TPSA) is 67.5 Å². The van der Waals surface area contributed by atoms with Crippen LogP contribution in [0, 0.1) is 46.8 Å². The SMILES string of the molecule is C1CCNC1.C=C(O)[C@H]1CCC2C3CCC4CC(COCC)CCC4C3CCC21C.CC.c1cocn1. The van der Waals surface area contributed by atoms with Gasteiger partial charge < -0.3 is 19.6 Å². The molecule has 37 heavy (non-hydrogen) atoms. The zero-order valence-electron chi connectivity index (χ0n) is 24.3. The van der Waals surface area contributed by atoms with E-state index in [9.17, 15) is 5.11 Å². The fourth-order valence-electron chi connectivity index (χ4n) is 8.73. The van der Waals surface area contributed by atoms with Gasteiger partial charge in [0.15, 0.2) is 6.39 Å². The summed E-state index contributed by atoms with van der Waals surface area (Å²) in [6.07, 6.45) is 19.6. The molecule has 0 spiro atoms. The molecule has 2 N–H and O–H groups in total. The Bertz CT molecular complexity index is 724. The summed E-state index contributed by atoms with van der Waals surface area (Å²) in [7, 11) is 0. The molecule has 212 valence electrons. The molecule has 5 heteroatoms. The number of aliphatic hydroxyl groups excluding tert-OH is 1. The normalized spacial score (nSPS) is 37.7. The van der Waals surface area contributed by atoms with Crippen molar-refractivity contribution >= 4 is 0 Å². The fourth-order valence-corrected chi connectivity index (χ4v) is 8.73. The van der Waals surface area contributed by atoms with Crippen molar-refractivity contribution in [2.24, 2.45) is 46.8 Å². The van der Waals surface area contributed by atoms with Crippen LogP contribution in [0.25, 0.3) is 0 Å². The van der Waals surface area contributed by atoms with Gasteiger partial charge in [-0.2, -0.15) is 0 Å². The third-order valence-corrected chi connectivity index (χ3v) is 10.3. The molecule has 5 fully saturated rings. The van der Waals surface area contributed by atoms with Gasteiger partial charge in [0, 0.05) is 19.1 Å². The van der Waals surface area contributed by atoms with Crippen LogP contribution in [0.5, 0.6) is 0 Å². The molecule has 1 saturated heterocycles. The van der Waals surface area contributed by atoms with Gasteiger partial charge in [-0.15, -0.1) is 0 Å². The van der Waals surface area contributed by atoms with Crippen LogP contribution in [0.15, 0.2) is 35.6 Å². The number of allylic oxidation sites excluding steroid dienone is 1. The Kier molecular flexibility index (Phi) is 12.5. The van der Waals surface area contributed by atoms with Gasteiger partial charge in [-0.25, -0.2) is 4.98 Å². The first kappa shape index (κ1) is 30.2. The lowest BCUT2D eigenvalue weighted by Crippen LogP contribution is -2.48. The molecule has 0 amide bonds. The number of hydrogen-bond acceptors (Lipinski definition) is 5. The molecular weight excluding hydrogens is 460 g/mol. The van der Waals surface area contributed by atoms with E-state index < -0.39 is 0 Å². The van der Waals surface area contributed by atoms with Crippen molar-refractivity contribution in [1.29, 1.82) is 0 Å². The number of aliphatic hydroxyl groups is 1. The van der Waals surface area contributed by atoms with E-state index in [4.69, 9.17) is 4.74 Å². The molecule has 4 saturated carbocycles. The molecule has 1 aromatic rings. The number of oxazole rings is 1. The monoisotopic (exact) mass is 516 g/mol. The second-order valence-corrected chi connectivity index (χ2v) is 12.1. The molecule has 2 heterocycles. The van der Waals surface area contributed by atoms with Crippen molar-refractivity contribution < 1.29 is 14.3 Å². The first-order valence-corrected chi connectivity index (χ1v) is 15.5. The molecule has 5 aliphatic rings. The minimum Gasteiger partial charge on any atom is -0.513 e. The largest absolute Gasteiger partial charge is 0.513 e. The van der Waals surface area contributed by atoms with Crippen LogP contribution in [-0.2, 0) is 4.74 Å². The van der Waals surface area contributed by atoms with Gasteiger partial charge in [0.05, 0.1) is 12.0 Å². The third-order valence-electron chi connectivity index (χ3n) is 10.3. The van der Waals surface area contributed by atoms with Crippen molar-refractivity contribution in [3.05, 3.63) is 31.2 Å². The van der Waals surface area contributed by atoms with Crippen LogP contribution in [0.2, 0.25) is 0 Å². The predicted molar refractivity (Wildman–Crippen MR) is 152 cm³/mol. The van der Waals surface area contributed by atoms with Gasteiger partial charge in [0.25, 0.3) is 0 Å². The summed E-state index contributed by atoms with van der Waals surface area (Å²) >= 11 is 0. The smallest absolute Gasteiger partial charge is 0.180 e. The van der Waals surface area contributed by atoms with Crippen LogP contribution in [0.3, 0.4) is 0 Å². The van der Waals surface area contributed by atoms with Crippen molar-refractivity contribution in [2.75, 3.05) is 26.3 Å². The lowest BCUT2D eigenvalue weighted by Gasteiger charge is -2.56. The minimum absolute atomic E-state index is 0.325. The van der Waals surface area contributed by atoms with E-state index in [0.717, 1.165) is 48.7 Å². The van der Waals surface area contributed by atoms with Crippen molar-refractivity contribution in [3.8, 4) is 0 Å². The number of hydrogen-bond donors (Lipinski definition) is 2. The molecule has 0 aromatic carbocycles. The molecule has 6 rings (SSSR count). The number of nitrogens with one attached hydrogen (secondary N) is 1. The fraction of sp³-hybridized carbons (Fsp3) is 0.844. The second-order valence-electron chi connectivity index (χ2n) is 12.1. The molecule has 5 nitrogen and oxygen atoms in total. The van der Waals surface area contributed by atoms with Crippen LogP contribution >= 0.6 is 0 Å². The highest BCUT2D eigenvalue weighted by Gasteiger charge is 2.57. The Morgan fingerprint density at radius 1 is 1.05 bits per heavy atom. The summed E-state index contributed by atoms with van der Waals surface area (Å²) in [5.41, 5.74) is 0.325. The van der Waals surface area contributed by atoms with Gasteiger partial charge in [-0.1, -0.05) is 27.4 Å². The summed E-state index contributed by atoms with van der Waals surface area (Å²) in [4.78, 5) is 3.56. The number of fused-ring (bicyclic) bond motifs is 5. The maximum atomic E-state index is 10.1. The summed E-state index contributed by atoms with van der Waals surface area (Å²) in [5, 5.41) is 13.4. The van der Waals surface area contributed by atoms with E-state index in [1.165, 1.54) is 96.4 Å². The first-order valence-electron chi connectivity index (χ1n) is 15.5. The van der Waals surface area contributed by atoms with E-state index in [1.807, 2.05) is 13.8 Å². The molecule has 8 atom stereocenters. The van der Waals surface area contributed by atoms with E-state index in [2.05, 4.69) is 35.1 Å². The molecule has 4 aliphatic carbocycles. The Balaban J connectivity index is 0.000000261. The molecular formula is C32H56N2O3. The summed E-state index contributed by atoms with van der Waals surface area (Å²) in [6.45, 7) is 16.9. The average Bonchev–Trinajstić information content (AvgIpc) is 3.72. The maximum absolute atomic E-state index is 10.1. The zero-order chi connectivity index (χ0) is 26.7. The first-order chi connectivity index (χ1) is 18.0. The predicted octanol–water partition coefficient (Wildman–Crippen LogP) is 8.05. The van der Waals surface area contributed by atoms with Crippen LogP contribution in [0.4, 0.5) is 0 Å². The van der Waals surface area contributed by atoms with Crippen LogP contribution in [0.1, 0.15) is 98.3 Å². The van der Waals surface area contributed by atoms with Crippen molar-refractivity contribution in [1.82, 2.24) is 10.3 Å². The van der Waals surface area contributed by atoms with Crippen LogP contribution in [-0.4, -0.2) is 36.4 Å². The highest BCUT2D eigenvalue weighted by Crippen LogP contribution is 2.65.